The van der Waals surface area contributed by atoms with Crippen LogP contribution < -0.4 is 0 Å². The zero-order valence-corrected chi connectivity index (χ0v) is 17.4. The predicted molar refractivity (Wildman–Crippen MR) is 91.2 cm³/mol. The molecular formula is C14H28O5Si3. The number of cyclic esters (lactones) is 2. The van der Waals surface area contributed by atoms with Gasteiger partial charge in [0, 0.05) is 0 Å². The summed E-state index contributed by atoms with van der Waals surface area (Å²) < 4.78 is 22.4. The highest BCUT2D eigenvalue weighted by molar-refractivity contribution is 6.85. The van der Waals surface area contributed by atoms with E-state index in [1.54, 1.807) is 6.55 Å². The molecule has 22 heavy (non-hydrogen) atoms. The van der Waals surface area contributed by atoms with E-state index in [2.05, 4.69) is 30.9 Å². The van der Waals surface area contributed by atoms with Gasteiger partial charge in [0.1, 0.15) is 0 Å². The first kappa shape index (κ1) is 19.6. The molecule has 1 fully saturated rings. The summed E-state index contributed by atoms with van der Waals surface area (Å²) in [5.74, 6) is -1.02. The second-order valence-electron chi connectivity index (χ2n) is 7.41. The van der Waals surface area contributed by atoms with Crippen molar-refractivity contribution in [1.82, 2.24) is 0 Å². The van der Waals surface area contributed by atoms with Crippen LogP contribution >= 0.6 is 0 Å². The van der Waals surface area contributed by atoms with Gasteiger partial charge in [-0.1, -0.05) is 6.42 Å². The molecule has 1 atom stereocenters. The molecule has 0 aliphatic carbocycles. The van der Waals surface area contributed by atoms with Crippen molar-refractivity contribution in [3.8, 4) is 0 Å². The molecule has 1 saturated heterocycles. The van der Waals surface area contributed by atoms with E-state index in [1.165, 1.54) is 0 Å². The topological polar surface area (TPSA) is 69.7 Å². The van der Waals surface area contributed by atoms with Crippen LogP contribution in [0, 0.1) is 5.92 Å². The number of esters is 2. The van der Waals surface area contributed by atoms with Crippen molar-refractivity contribution in [1.29, 1.82) is 0 Å². The average Bonchev–Trinajstić information content (AvgIpc) is 2.64. The smallest absolute Gasteiger partial charge is 0.317 e. The van der Waals surface area contributed by atoms with Gasteiger partial charge < -0.3 is 13.3 Å². The first-order valence-corrected chi connectivity index (χ1v) is 16.3. The highest BCUT2D eigenvalue weighted by atomic mass is 28.4. The van der Waals surface area contributed by atoms with E-state index in [4.69, 9.17) is 4.12 Å². The number of carbonyl (C=O) groups is 2. The molecule has 0 amide bonds. The van der Waals surface area contributed by atoms with Crippen LogP contribution in [0.2, 0.25) is 50.9 Å². The van der Waals surface area contributed by atoms with E-state index >= 15 is 0 Å². The number of hydrogen-bond acceptors (Lipinski definition) is 5. The third kappa shape index (κ3) is 7.21. The quantitative estimate of drug-likeness (QED) is 0.358. The fraction of sp³-hybridized carbons (Fsp3) is 0.857. The minimum Gasteiger partial charge on any atom is -0.455 e. The lowest BCUT2D eigenvalue weighted by Crippen LogP contribution is -2.44. The Morgan fingerprint density at radius 1 is 1.18 bits per heavy atom. The molecule has 126 valence electrons. The fourth-order valence-corrected chi connectivity index (χ4v) is 14.5. The Balaban J connectivity index is 2.38. The van der Waals surface area contributed by atoms with Gasteiger partial charge in [-0.3, -0.25) is 9.59 Å². The van der Waals surface area contributed by atoms with Crippen LogP contribution in [0.25, 0.3) is 0 Å². The first-order valence-electron chi connectivity index (χ1n) is 7.95. The lowest BCUT2D eigenvalue weighted by molar-refractivity contribution is -0.153. The molecule has 5 nitrogen and oxygen atoms in total. The molecule has 1 aliphatic rings. The molecular weight excluding hydrogens is 332 g/mol. The van der Waals surface area contributed by atoms with Crippen molar-refractivity contribution in [3.63, 3.8) is 0 Å². The molecule has 0 aromatic carbocycles. The number of rotatable bonds is 9. The van der Waals surface area contributed by atoms with E-state index in [-0.39, 0.29) is 18.3 Å². The van der Waals surface area contributed by atoms with Crippen LogP contribution in [0.4, 0.5) is 0 Å². The van der Waals surface area contributed by atoms with Gasteiger partial charge in [0.05, 0.1) is 12.3 Å². The van der Waals surface area contributed by atoms with E-state index in [0.29, 0.717) is 6.42 Å². The van der Waals surface area contributed by atoms with Gasteiger partial charge in [-0.05, 0) is 57.3 Å². The average molecular weight is 361 g/mol. The van der Waals surface area contributed by atoms with Crippen LogP contribution in [-0.4, -0.2) is 37.3 Å². The van der Waals surface area contributed by atoms with Crippen LogP contribution in [0.1, 0.15) is 19.3 Å². The van der Waals surface area contributed by atoms with Crippen LogP contribution in [0.5, 0.6) is 0 Å². The SMILES string of the molecule is C[Si](=O)CC[Si](C)(C)O[Si](C)(C)CCCC1CC(=O)OC1=O. The molecule has 1 aliphatic heterocycles. The third-order valence-corrected chi connectivity index (χ3v) is 12.8. The van der Waals surface area contributed by atoms with Crippen LogP contribution in [0.3, 0.4) is 0 Å². The third-order valence-electron chi connectivity index (χ3n) is 3.92. The molecule has 1 unspecified atom stereocenters. The van der Waals surface area contributed by atoms with E-state index in [1.807, 2.05) is 0 Å². The highest BCUT2D eigenvalue weighted by Gasteiger charge is 2.35. The molecule has 0 bridgehead atoms. The summed E-state index contributed by atoms with van der Waals surface area (Å²) in [7, 11) is -4.98. The summed E-state index contributed by atoms with van der Waals surface area (Å²) in [5, 5.41) is 0. The highest BCUT2D eigenvalue weighted by Crippen LogP contribution is 2.27. The van der Waals surface area contributed by atoms with Gasteiger partial charge in [0.2, 0.25) is 0 Å². The Bertz CT molecular complexity index is 448. The Kier molecular flexibility index (Phi) is 7.03. The Morgan fingerprint density at radius 2 is 1.77 bits per heavy atom. The molecule has 0 N–H and O–H groups in total. The Hall–Kier alpha value is -0.449. The molecule has 0 aromatic heterocycles. The zero-order valence-electron chi connectivity index (χ0n) is 14.4. The van der Waals surface area contributed by atoms with Gasteiger partial charge in [-0.2, -0.15) is 0 Å². The molecule has 0 radical (unpaired) electrons. The monoisotopic (exact) mass is 360 g/mol. The minimum atomic E-state index is -1.79. The van der Waals surface area contributed by atoms with Gasteiger partial charge in [0.15, 0.2) is 16.6 Å². The molecule has 0 aromatic rings. The molecule has 8 heteroatoms. The number of ether oxygens (including phenoxy) is 1. The van der Waals surface area contributed by atoms with Crippen LogP contribution in [0.15, 0.2) is 0 Å². The van der Waals surface area contributed by atoms with Gasteiger partial charge in [0.25, 0.3) is 8.68 Å². The fourth-order valence-electron chi connectivity index (χ4n) is 2.84. The number of hydrogen-bond donors (Lipinski definition) is 0. The van der Waals surface area contributed by atoms with E-state index in [0.717, 1.165) is 24.6 Å². The summed E-state index contributed by atoms with van der Waals surface area (Å²) in [4.78, 5) is 22.5. The maximum atomic E-state index is 11.4. The molecule has 0 spiro atoms. The number of carbonyl (C=O) groups excluding carboxylic acids is 2. The summed E-state index contributed by atoms with van der Waals surface area (Å²) in [6.45, 7) is 10.6. The Labute approximate surface area is 136 Å². The second-order valence-corrected chi connectivity index (χ2v) is 18.2. The summed E-state index contributed by atoms with van der Waals surface area (Å²) in [6.07, 6.45) is 1.82. The van der Waals surface area contributed by atoms with Gasteiger partial charge in [-0.25, -0.2) is 0 Å². The molecule has 1 heterocycles. The van der Waals surface area contributed by atoms with Crippen molar-refractivity contribution < 1.29 is 22.9 Å². The molecule has 0 saturated carbocycles. The van der Waals surface area contributed by atoms with Crippen LogP contribution in [-0.2, 0) is 22.9 Å². The van der Waals surface area contributed by atoms with Gasteiger partial charge in [-0.15, -0.1) is 0 Å². The lowest BCUT2D eigenvalue weighted by Gasteiger charge is -2.34. The zero-order chi connectivity index (χ0) is 17.0. The largest absolute Gasteiger partial charge is 0.455 e. The summed E-state index contributed by atoms with van der Waals surface area (Å²) in [5.41, 5.74) is 0. The van der Waals surface area contributed by atoms with E-state index < -0.39 is 31.3 Å². The predicted octanol–water partition coefficient (Wildman–Crippen LogP) is 3.33. The van der Waals surface area contributed by atoms with E-state index in [9.17, 15) is 14.1 Å². The first-order chi connectivity index (χ1) is 10.0. The summed E-state index contributed by atoms with van der Waals surface area (Å²) in [6, 6.07) is 2.70. The Morgan fingerprint density at radius 3 is 2.27 bits per heavy atom. The molecule has 1 rings (SSSR count). The lowest BCUT2D eigenvalue weighted by atomic mass is 10.0. The normalized spacial score (nSPS) is 19.4. The van der Waals surface area contributed by atoms with Crippen molar-refractivity contribution in [3.05, 3.63) is 0 Å². The second kappa shape index (κ2) is 7.89. The summed E-state index contributed by atoms with van der Waals surface area (Å²) >= 11 is 0. The minimum absolute atomic E-state index is 0.229. The van der Waals surface area contributed by atoms with Gasteiger partial charge >= 0.3 is 11.9 Å². The van der Waals surface area contributed by atoms with Crippen molar-refractivity contribution in [2.75, 3.05) is 0 Å². The maximum absolute atomic E-state index is 11.4. The van der Waals surface area contributed by atoms with Crippen molar-refractivity contribution in [2.45, 2.75) is 70.1 Å². The standard InChI is InChI=1S/C14H28O5Si3/c1-20(17)8-10-22(4,5)19-21(2,3)9-6-7-12-11-13(15)18-14(12)16/h12H,6-11H2,1-5H3. The van der Waals surface area contributed by atoms with Crippen molar-refractivity contribution in [2.24, 2.45) is 5.92 Å². The maximum Gasteiger partial charge on any atom is 0.317 e. The van der Waals surface area contributed by atoms with Crippen molar-refractivity contribution >= 4 is 37.3 Å².